The summed E-state index contributed by atoms with van der Waals surface area (Å²) in [5.41, 5.74) is 2.42. The number of phenols is 1. The Morgan fingerprint density at radius 2 is 1.65 bits per heavy atom. The summed E-state index contributed by atoms with van der Waals surface area (Å²) < 4.78 is 0. The van der Waals surface area contributed by atoms with Gasteiger partial charge >= 0.3 is 0 Å². The van der Waals surface area contributed by atoms with Gasteiger partial charge in [0.25, 0.3) is 0 Å². The lowest BCUT2D eigenvalue weighted by Crippen LogP contribution is -2.34. The molecule has 0 spiro atoms. The van der Waals surface area contributed by atoms with E-state index in [0.29, 0.717) is 0 Å². The molecule has 118 valence electrons. The lowest BCUT2D eigenvalue weighted by molar-refractivity contribution is 0.203. The number of hydrogen-bond donors (Lipinski definition) is 1. The number of phenolic OH excluding ortho intramolecular Hbond substituents is 1. The number of nitrogens with zero attached hydrogens (tertiary/aromatic N) is 1. The van der Waals surface area contributed by atoms with Crippen molar-refractivity contribution in [3.05, 3.63) is 65.7 Å². The second-order valence-electron chi connectivity index (χ2n) is 6.26. The average Bonchev–Trinajstić information content (AvgIpc) is 2.59. The third-order valence-electron chi connectivity index (χ3n) is 4.48. The molecule has 0 radical (unpaired) electrons. The molecule has 1 aliphatic rings. The zero-order chi connectivity index (χ0) is 15.9. The summed E-state index contributed by atoms with van der Waals surface area (Å²) in [6.45, 7) is 3.11. The van der Waals surface area contributed by atoms with Crippen LogP contribution in [-0.2, 0) is 6.42 Å². The molecule has 1 saturated heterocycles. The third kappa shape index (κ3) is 4.87. The highest BCUT2D eigenvalue weighted by atomic mass is 16.3. The van der Waals surface area contributed by atoms with Gasteiger partial charge in [-0.3, -0.25) is 4.90 Å². The van der Waals surface area contributed by atoms with Crippen LogP contribution in [0.3, 0.4) is 0 Å². The van der Waals surface area contributed by atoms with E-state index < -0.39 is 0 Å². The zero-order valence-corrected chi connectivity index (χ0v) is 13.4. The van der Waals surface area contributed by atoms with Crippen LogP contribution in [0.4, 0.5) is 0 Å². The summed E-state index contributed by atoms with van der Waals surface area (Å²) in [4.78, 5) is 2.44. The van der Waals surface area contributed by atoms with E-state index in [-0.39, 0.29) is 5.75 Å². The van der Waals surface area contributed by atoms with E-state index in [0.717, 1.165) is 31.1 Å². The summed E-state index contributed by atoms with van der Waals surface area (Å²) in [6, 6.07) is 17.9. The highest BCUT2D eigenvalue weighted by molar-refractivity contribution is 5.37. The minimum absolute atomic E-state index is 0.288. The first-order valence-corrected chi connectivity index (χ1v) is 8.34. The van der Waals surface area contributed by atoms with Gasteiger partial charge in [0, 0.05) is 5.56 Å². The molecule has 3 rings (SSSR count). The Morgan fingerprint density at radius 3 is 2.35 bits per heavy atom. The SMILES string of the molecule is Oc1ccc(C#CCN2CCC(Cc3ccccc3)CC2)cc1. The van der Waals surface area contributed by atoms with Gasteiger partial charge < -0.3 is 5.11 Å². The second-order valence-corrected chi connectivity index (χ2v) is 6.26. The number of benzene rings is 2. The maximum absolute atomic E-state index is 9.26. The molecule has 1 aliphatic heterocycles. The Labute approximate surface area is 138 Å². The smallest absolute Gasteiger partial charge is 0.115 e. The van der Waals surface area contributed by atoms with Gasteiger partial charge in [0.15, 0.2) is 0 Å². The van der Waals surface area contributed by atoms with Crippen molar-refractivity contribution < 1.29 is 5.11 Å². The molecule has 0 atom stereocenters. The maximum Gasteiger partial charge on any atom is 0.115 e. The fourth-order valence-electron chi connectivity index (χ4n) is 3.09. The van der Waals surface area contributed by atoms with Gasteiger partial charge in [-0.05, 0) is 68.1 Å². The average molecular weight is 305 g/mol. The van der Waals surface area contributed by atoms with Gasteiger partial charge in [0.2, 0.25) is 0 Å². The quantitative estimate of drug-likeness (QED) is 0.874. The lowest BCUT2D eigenvalue weighted by Gasteiger charge is -2.30. The fourth-order valence-corrected chi connectivity index (χ4v) is 3.09. The van der Waals surface area contributed by atoms with Crippen molar-refractivity contribution in [2.24, 2.45) is 5.92 Å². The van der Waals surface area contributed by atoms with Crippen LogP contribution < -0.4 is 0 Å². The number of piperidine rings is 1. The van der Waals surface area contributed by atoms with E-state index in [1.54, 1.807) is 12.1 Å². The van der Waals surface area contributed by atoms with Crippen molar-refractivity contribution >= 4 is 0 Å². The molecule has 1 fully saturated rings. The molecule has 1 N–H and O–H groups in total. The normalized spacial score (nSPS) is 15.8. The van der Waals surface area contributed by atoms with Crippen molar-refractivity contribution in [3.63, 3.8) is 0 Å². The van der Waals surface area contributed by atoms with Crippen LogP contribution in [-0.4, -0.2) is 29.6 Å². The molecule has 2 aromatic carbocycles. The molecule has 0 amide bonds. The molecule has 0 unspecified atom stereocenters. The van der Waals surface area contributed by atoms with E-state index in [1.165, 1.54) is 24.8 Å². The van der Waals surface area contributed by atoms with E-state index in [2.05, 4.69) is 47.1 Å². The number of aromatic hydroxyl groups is 1. The van der Waals surface area contributed by atoms with Gasteiger partial charge in [0.05, 0.1) is 6.54 Å². The van der Waals surface area contributed by atoms with E-state index in [9.17, 15) is 5.11 Å². The largest absolute Gasteiger partial charge is 0.508 e. The molecule has 0 saturated carbocycles. The Balaban J connectivity index is 1.44. The van der Waals surface area contributed by atoms with Crippen molar-refractivity contribution in [2.75, 3.05) is 19.6 Å². The van der Waals surface area contributed by atoms with E-state index in [1.807, 2.05) is 12.1 Å². The molecule has 0 aromatic heterocycles. The highest BCUT2D eigenvalue weighted by Crippen LogP contribution is 2.21. The summed E-state index contributed by atoms with van der Waals surface area (Å²) in [6.07, 6.45) is 3.72. The Bertz CT molecular complexity index is 658. The molecular formula is C21H23NO. The molecule has 2 heteroatoms. The van der Waals surface area contributed by atoms with Crippen LogP contribution in [0.5, 0.6) is 5.75 Å². The third-order valence-corrected chi connectivity index (χ3v) is 4.48. The van der Waals surface area contributed by atoms with Crippen molar-refractivity contribution in [1.82, 2.24) is 4.90 Å². The van der Waals surface area contributed by atoms with Crippen LogP contribution >= 0.6 is 0 Å². The highest BCUT2D eigenvalue weighted by Gasteiger charge is 2.18. The number of hydrogen-bond acceptors (Lipinski definition) is 2. The predicted molar refractivity (Wildman–Crippen MR) is 94.3 cm³/mol. The molecular weight excluding hydrogens is 282 g/mol. The molecule has 0 bridgehead atoms. The summed E-state index contributed by atoms with van der Waals surface area (Å²) in [7, 11) is 0. The maximum atomic E-state index is 9.26. The first-order valence-electron chi connectivity index (χ1n) is 8.34. The minimum atomic E-state index is 0.288. The molecule has 1 heterocycles. The standard InChI is InChI=1S/C21H23NO/c23-21-10-8-18(9-11-21)7-4-14-22-15-12-20(13-16-22)17-19-5-2-1-3-6-19/h1-3,5-6,8-11,20,23H,12-17H2. The molecule has 2 nitrogen and oxygen atoms in total. The van der Waals surface area contributed by atoms with E-state index >= 15 is 0 Å². The molecule has 23 heavy (non-hydrogen) atoms. The topological polar surface area (TPSA) is 23.5 Å². The van der Waals surface area contributed by atoms with Gasteiger partial charge in [-0.25, -0.2) is 0 Å². The van der Waals surface area contributed by atoms with Crippen molar-refractivity contribution in [1.29, 1.82) is 0 Å². The van der Waals surface area contributed by atoms with Gasteiger partial charge in [-0.2, -0.15) is 0 Å². The first kappa shape index (κ1) is 15.6. The summed E-state index contributed by atoms with van der Waals surface area (Å²) >= 11 is 0. The van der Waals surface area contributed by atoms with Crippen LogP contribution in [0.25, 0.3) is 0 Å². The van der Waals surface area contributed by atoms with Crippen LogP contribution in [0.1, 0.15) is 24.0 Å². The van der Waals surface area contributed by atoms with Crippen molar-refractivity contribution in [2.45, 2.75) is 19.3 Å². The Kier molecular flexibility index (Phi) is 5.34. The monoisotopic (exact) mass is 305 g/mol. The van der Waals surface area contributed by atoms with Gasteiger partial charge in [-0.1, -0.05) is 42.2 Å². The number of likely N-dealkylation sites (tertiary alicyclic amines) is 1. The van der Waals surface area contributed by atoms with Crippen LogP contribution in [0, 0.1) is 17.8 Å². The molecule has 2 aromatic rings. The van der Waals surface area contributed by atoms with E-state index in [4.69, 9.17) is 0 Å². The van der Waals surface area contributed by atoms with Crippen molar-refractivity contribution in [3.8, 4) is 17.6 Å². The summed E-state index contributed by atoms with van der Waals surface area (Å²) in [5.74, 6) is 7.51. The predicted octanol–water partition coefficient (Wildman–Crippen LogP) is 3.70. The second kappa shape index (κ2) is 7.85. The Morgan fingerprint density at radius 1 is 0.957 bits per heavy atom. The summed E-state index contributed by atoms with van der Waals surface area (Å²) in [5, 5.41) is 9.26. The van der Waals surface area contributed by atoms with Gasteiger partial charge in [-0.15, -0.1) is 0 Å². The van der Waals surface area contributed by atoms with Gasteiger partial charge in [0.1, 0.15) is 5.75 Å². The lowest BCUT2D eigenvalue weighted by atomic mass is 9.90. The van der Waals surface area contributed by atoms with Crippen LogP contribution in [0.2, 0.25) is 0 Å². The fraction of sp³-hybridized carbons (Fsp3) is 0.333. The Hall–Kier alpha value is -2.24. The minimum Gasteiger partial charge on any atom is -0.508 e. The molecule has 0 aliphatic carbocycles. The first-order chi connectivity index (χ1) is 11.3. The van der Waals surface area contributed by atoms with Crippen LogP contribution in [0.15, 0.2) is 54.6 Å². The number of rotatable bonds is 3. The zero-order valence-electron chi connectivity index (χ0n) is 13.4.